The molecule has 0 aliphatic heterocycles. The monoisotopic (exact) mass is 205 g/mol. The van der Waals surface area contributed by atoms with Gasteiger partial charge in [-0.3, -0.25) is 0 Å². The molecular formula is C11H11NO3. The van der Waals surface area contributed by atoms with Crippen LogP contribution in [0, 0.1) is 0 Å². The maximum absolute atomic E-state index is 8.93. The number of aromatic nitrogens is 1. The van der Waals surface area contributed by atoms with E-state index in [2.05, 4.69) is 9.68 Å². The Morgan fingerprint density at radius 2 is 2.27 bits per heavy atom. The van der Waals surface area contributed by atoms with E-state index in [4.69, 9.17) is 9.84 Å². The zero-order valence-electron chi connectivity index (χ0n) is 8.09. The van der Waals surface area contributed by atoms with Gasteiger partial charge in [0.05, 0.1) is 12.8 Å². The van der Waals surface area contributed by atoms with Crippen LogP contribution in [0.15, 0.2) is 41.2 Å². The Bertz CT molecular complexity index is 412. The minimum absolute atomic E-state index is 0.0183. The average Bonchev–Trinajstić information content (AvgIpc) is 2.79. The Balaban J connectivity index is 1.98. The Morgan fingerprint density at radius 3 is 3.00 bits per heavy atom. The van der Waals surface area contributed by atoms with Gasteiger partial charge in [0.1, 0.15) is 18.6 Å². The van der Waals surface area contributed by atoms with Crippen LogP contribution >= 0.6 is 0 Å². The number of rotatable bonds is 4. The van der Waals surface area contributed by atoms with Gasteiger partial charge in [-0.25, -0.2) is 0 Å². The molecule has 78 valence electrons. The first-order valence-corrected chi connectivity index (χ1v) is 4.59. The van der Waals surface area contributed by atoms with E-state index in [1.54, 1.807) is 12.3 Å². The summed E-state index contributed by atoms with van der Waals surface area (Å²) < 4.78 is 10.2. The highest BCUT2D eigenvalue weighted by atomic mass is 16.5. The predicted octanol–water partition coefficient (Wildman–Crippen LogP) is 1.75. The molecule has 0 atom stereocenters. The highest BCUT2D eigenvalue weighted by molar-refractivity contribution is 5.28. The maximum atomic E-state index is 8.93. The molecular weight excluding hydrogens is 194 g/mol. The molecule has 15 heavy (non-hydrogen) atoms. The van der Waals surface area contributed by atoms with Crippen molar-refractivity contribution in [1.82, 2.24) is 5.16 Å². The second-order valence-corrected chi connectivity index (χ2v) is 3.13. The first kappa shape index (κ1) is 9.73. The summed E-state index contributed by atoms with van der Waals surface area (Å²) in [5, 5.41) is 12.5. The fraction of sp³-hybridized carbons (Fsp3) is 0.182. The van der Waals surface area contributed by atoms with Gasteiger partial charge in [-0.1, -0.05) is 17.3 Å². The number of benzene rings is 1. The van der Waals surface area contributed by atoms with Crippen LogP contribution in [0.5, 0.6) is 5.75 Å². The van der Waals surface area contributed by atoms with Crippen LogP contribution in [0.2, 0.25) is 0 Å². The van der Waals surface area contributed by atoms with Crippen LogP contribution in [0.25, 0.3) is 0 Å². The van der Waals surface area contributed by atoms with Crippen LogP contribution in [0.4, 0.5) is 0 Å². The van der Waals surface area contributed by atoms with E-state index in [1.807, 2.05) is 18.2 Å². The van der Waals surface area contributed by atoms with Crippen LogP contribution < -0.4 is 4.74 Å². The third-order valence-electron chi connectivity index (χ3n) is 1.97. The van der Waals surface area contributed by atoms with Gasteiger partial charge in [-0.15, -0.1) is 0 Å². The van der Waals surface area contributed by atoms with Gasteiger partial charge >= 0.3 is 0 Å². The zero-order chi connectivity index (χ0) is 10.5. The standard InChI is InChI=1S/C11H11NO3/c13-6-9-2-1-3-11(4-9)14-7-10-5-12-15-8-10/h1-5,8,13H,6-7H2. The number of aliphatic hydroxyl groups excluding tert-OH is 1. The largest absolute Gasteiger partial charge is 0.489 e. The van der Waals surface area contributed by atoms with Crippen molar-refractivity contribution in [3.05, 3.63) is 47.9 Å². The van der Waals surface area contributed by atoms with Gasteiger partial charge in [0.15, 0.2) is 0 Å². The third-order valence-corrected chi connectivity index (χ3v) is 1.97. The topological polar surface area (TPSA) is 55.5 Å². The first-order chi connectivity index (χ1) is 7.38. The van der Waals surface area contributed by atoms with Crippen molar-refractivity contribution < 1.29 is 14.4 Å². The lowest BCUT2D eigenvalue weighted by molar-refractivity contribution is 0.278. The van der Waals surface area contributed by atoms with E-state index >= 15 is 0 Å². The molecule has 4 heteroatoms. The van der Waals surface area contributed by atoms with E-state index in [0.717, 1.165) is 16.9 Å². The Hall–Kier alpha value is -1.81. The minimum Gasteiger partial charge on any atom is -0.489 e. The van der Waals surface area contributed by atoms with Gasteiger partial charge in [0, 0.05) is 5.56 Å². The molecule has 0 spiro atoms. The molecule has 1 heterocycles. The summed E-state index contributed by atoms with van der Waals surface area (Å²) in [4.78, 5) is 0. The number of ether oxygens (including phenoxy) is 1. The number of nitrogens with zero attached hydrogens (tertiary/aromatic N) is 1. The van der Waals surface area contributed by atoms with Gasteiger partial charge in [0.2, 0.25) is 0 Å². The van der Waals surface area contributed by atoms with Crippen molar-refractivity contribution >= 4 is 0 Å². The molecule has 1 aromatic heterocycles. The van der Waals surface area contributed by atoms with Crippen molar-refractivity contribution in [3.8, 4) is 5.75 Å². The Morgan fingerprint density at radius 1 is 1.33 bits per heavy atom. The molecule has 1 aromatic carbocycles. The van der Waals surface area contributed by atoms with Crippen molar-refractivity contribution in [2.75, 3.05) is 0 Å². The number of aliphatic hydroxyl groups is 1. The highest BCUT2D eigenvalue weighted by Gasteiger charge is 1.98. The van der Waals surface area contributed by atoms with Crippen molar-refractivity contribution in [2.24, 2.45) is 0 Å². The normalized spacial score (nSPS) is 10.2. The summed E-state index contributed by atoms with van der Waals surface area (Å²) in [7, 11) is 0. The number of hydrogen-bond acceptors (Lipinski definition) is 4. The summed E-state index contributed by atoms with van der Waals surface area (Å²) in [5.74, 6) is 0.725. The van der Waals surface area contributed by atoms with Gasteiger partial charge in [-0.2, -0.15) is 0 Å². The van der Waals surface area contributed by atoms with Crippen molar-refractivity contribution in [1.29, 1.82) is 0 Å². The Kier molecular flexibility index (Phi) is 2.99. The van der Waals surface area contributed by atoms with Gasteiger partial charge < -0.3 is 14.4 Å². The Labute approximate surface area is 87.1 Å². The first-order valence-electron chi connectivity index (χ1n) is 4.59. The van der Waals surface area contributed by atoms with Gasteiger partial charge in [0.25, 0.3) is 0 Å². The molecule has 0 saturated carbocycles. The van der Waals surface area contributed by atoms with E-state index in [1.165, 1.54) is 6.26 Å². The van der Waals surface area contributed by atoms with Gasteiger partial charge in [-0.05, 0) is 17.7 Å². The maximum Gasteiger partial charge on any atom is 0.130 e. The van der Waals surface area contributed by atoms with Crippen LogP contribution in [-0.2, 0) is 13.2 Å². The van der Waals surface area contributed by atoms with E-state index in [-0.39, 0.29) is 6.61 Å². The predicted molar refractivity (Wildman–Crippen MR) is 53.2 cm³/mol. The lowest BCUT2D eigenvalue weighted by Gasteiger charge is -2.05. The minimum atomic E-state index is 0.0183. The number of hydrogen-bond donors (Lipinski definition) is 1. The molecule has 0 saturated heterocycles. The average molecular weight is 205 g/mol. The molecule has 0 aliphatic rings. The molecule has 0 unspecified atom stereocenters. The molecule has 2 rings (SSSR count). The summed E-state index contributed by atoms with van der Waals surface area (Å²) in [6.45, 7) is 0.433. The quantitative estimate of drug-likeness (QED) is 0.826. The molecule has 0 fully saturated rings. The highest BCUT2D eigenvalue weighted by Crippen LogP contribution is 2.14. The van der Waals surface area contributed by atoms with Crippen molar-refractivity contribution in [2.45, 2.75) is 13.2 Å². The molecule has 2 aromatic rings. The summed E-state index contributed by atoms with van der Waals surface area (Å²) in [5.41, 5.74) is 1.71. The van der Waals surface area contributed by atoms with Crippen LogP contribution in [0.3, 0.4) is 0 Å². The van der Waals surface area contributed by atoms with E-state index < -0.39 is 0 Å². The summed E-state index contributed by atoms with van der Waals surface area (Å²) >= 11 is 0. The summed E-state index contributed by atoms with van der Waals surface area (Å²) in [6, 6.07) is 7.32. The van der Waals surface area contributed by atoms with Crippen LogP contribution in [0.1, 0.15) is 11.1 Å². The van der Waals surface area contributed by atoms with E-state index in [0.29, 0.717) is 6.61 Å². The van der Waals surface area contributed by atoms with Crippen LogP contribution in [-0.4, -0.2) is 10.3 Å². The lowest BCUT2D eigenvalue weighted by atomic mass is 10.2. The fourth-order valence-electron chi connectivity index (χ4n) is 1.20. The molecule has 0 radical (unpaired) electrons. The SMILES string of the molecule is OCc1cccc(OCc2cnoc2)c1. The molecule has 4 nitrogen and oxygen atoms in total. The second kappa shape index (κ2) is 4.61. The van der Waals surface area contributed by atoms with Crippen molar-refractivity contribution in [3.63, 3.8) is 0 Å². The third kappa shape index (κ3) is 2.57. The fourth-order valence-corrected chi connectivity index (χ4v) is 1.20. The van der Waals surface area contributed by atoms with E-state index in [9.17, 15) is 0 Å². The lowest BCUT2D eigenvalue weighted by Crippen LogP contribution is -1.94. The molecule has 0 bridgehead atoms. The zero-order valence-corrected chi connectivity index (χ0v) is 8.09. The molecule has 0 aliphatic carbocycles. The summed E-state index contributed by atoms with van der Waals surface area (Å²) in [6.07, 6.45) is 3.14. The molecule has 0 amide bonds. The molecule has 1 N–H and O–H groups in total. The second-order valence-electron chi connectivity index (χ2n) is 3.13. The smallest absolute Gasteiger partial charge is 0.130 e.